The highest BCUT2D eigenvalue weighted by Gasteiger charge is 2.27. The second-order valence-corrected chi connectivity index (χ2v) is 11.9. The van der Waals surface area contributed by atoms with Crippen LogP contribution in [-0.4, -0.2) is 57.4 Å². The Balaban J connectivity index is 1.34. The van der Waals surface area contributed by atoms with E-state index in [1.165, 1.54) is 29.6 Å². The van der Waals surface area contributed by atoms with Gasteiger partial charge in [0.1, 0.15) is 5.82 Å². The van der Waals surface area contributed by atoms with Gasteiger partial charge in [-0.2, -0.15) is 17.4 Å². The van der Waals surface area contributed by atoms with Crippen molar-refractivity contribution in [2.45, 2.75) is 57.4 Å². The van der Waals surface area contributed by atoms with E-state index in [0.717, 1.165) is 61.8 Å². The summed E-state index contributed by atoms with van der Waals surface area (Å²) in [4.78, 5) is 2.57. The third kappa shape index (κ3) is 6.99. The van der Waals surface area contributed by atoms with Crippen molar-refractivity contribution in [3.8, 4) is 0 Å². The van der Waals surface area contributed by atoms with Gasteiger partial charge in [0, 0.05) is 24.6 Å². The second kappa shape index (κ2) is 10.9. The molecule has 1 aromatic rings. The maximum absolute atomic E-state index is 13.5. The van der Waals surface area contributed by atoms with Crippen molar-refractivity contribution in [1.29, 1.82) is 0 Å². The van der Waals surface area contributed by atoms with Crippen LogP contribution in [0.2, 0.25) is 0 Å². The Morgan fingerprint density at radius 3 is 2.40 bits per heavy atom. The molecule has 0 atom stereocenters. The Morgan fingerprint density at radius 2 is 1.77 bits per heavy atom. The fourth-order valence-electron chi connectivity index (χ4n) is 4.68. The van der Waals surface area contributed by atoms with Gasteiger partial charge in [0.15, 0.2) is 0 Å². The van der Waals surface area contributed by atoms with Gasteiger partial charge in [0.2, 0.25) is 0 Å². The van der Waals surface area contributed by atoms with E-state index in [-0.39, 0.29) is 11.9 Å². The summed E-state index contributed by atoms with van der Waals surface area (Å²) in [6, 6.07) is 5.04. The summed E-state index contributed by atoms with van der Waals surface area (Å²) in [5.74, 6) is 1.17. The SMILES string of the molecule is CN(C)S(=O)(=O)N[C@H]1CC[C@@H](CCN2CCC(Cc3cc(F)ccc3Br)CC2)CC1. The van der Waals surface area contributed by atoms with Crippen molar-refractivity contribution >= 4 is 26.1 Å². The molecule has 2 fully saturated rings. The summed E-state index contributed by atoms with van der Waals surface area (Å²) in [6.07, 6.45) is 8.55. The van der Waals surface area contributed by atoms with Crippen LogP contribution in [0.15, 0.2) is 22.7 Å². The highest BCUT2D eigenvalue weighted by Crippen LogP contribution is 2.29. The van der Waals surface area contributed by atoms with E-state index in [9.17, 15) is 12.8 Å². The number of nitrogens with zero attached hydrogens (tertiary/aromatic N) is 2. The van der Waals surface area contributed by atoms with Crippen molar-refractivity contribution in [1.82, 2.24) is 13.9 Å². The zero-order valence-electron chi connectivity index (χ0n) is 18.1. The van der Waals surface area contributed by atoms with Crippen LogP contribution in [0.4, 0.5) is 4.39 Å². The molecule has 0 spiro atoms. The highest BCUT2D eigenvalue weighted by molar-refractivity contribution is 9.10. The first-order chi connectivity index (χ1) is 14.2. The monoisotopic (exact) mass is 503 g/mol. The van der Waals surface area contributed by atoms with Gasteiger partial charge >= 0.3 is 0 Å². The molecule has 0 aromatic heterocycles. The molecule has 3 rings (SSSR count). The molecule has 2 aliphatic rings. The van der Waals surface area contributed by atoms with E-state index in [2.05, 4.69) is 25.6 Å². The van der Waals surface area contributed by atoms with Crippen molar-refractivity contribution in [2.75, 3.05) is 33.7 Å². The number of benzene rings is 1. The summed E-state index contributed by atoms with van der Waals surface area (Å²) in [5.41, 5.74) is 1.08. The van der Waals surface area contributed by atoms with E-state index in [4.69, 9.17) is 0 Å². The normalized spacial score (nSPS) is 24.4. The minimum Gasteiger partial charge on any atom is -0.303 e. The lowest BCUT2D eigenvalue weighted by molar-refractivity contribution is 0.164. The van der Waals surface area contributed by atoms with Crippen LogP contribution < -0.4 is 4.72 Å². The molecule has 1 N–H and O–H groups in total. The number of halogens is 2. The standard InChI is InChI=1S/C22H35BrFN3O2S/c1-26(2)30(28,29)25-21-6-3-17(4-7-21)9-12-27-13-10-18(11-14-27)15-19-16-20(24)5-8-22(19)23/h5,8,16-18,21,25H,3-4,6-7,9-15H2,1-2H3/t17-,21+. The van der Waals surface area contributed by atoms with Crippen molar-refractivity contribution in [3.63, 3.8) is 0 Å². The summed E-state index contributed by atoms with van der Waals surface area (Å²) in [5, 5.41) is 0. The van der Waals surface area contributed by atoms with Crippen LogP contribution in [0.25, 0.3) is 0 Å². The molecule has 0 radical (unpaired) electrons. The van der Waals surface area contributed by atoms with Gasteiger partial charge in [-0.05, 0) is 107 Å². The smallest absolute Gasteiger partial charge is 0.279 e. The summed E-state index contributed by atoms with van der Waals surface area (Å²) in [6.45, 7) is 3.38. The average molecular weight is 505 g/mol. The van der Waals surface area contributed by atoms with E-state index < -0.39 is 10.2 Å². The van der Waals surface area contributed by atoms with Crippen molar-refractivity contribution in [3.05, 3.63) is 34.1 Å². The summed E-state index contributed by atoms with van der Waals surface area (Å²) < 4.78 is 42.5. The number of likely N-dealkylation sites (tertiary alicyclic amines) is 1. The topological polar surface area (TPSA) is 52.7 Å². The highest BCUT2D eigenvalue weighted by atomic mass is 79.9. The molecule has 1 saturated carbocycles. The van der Waals surface area contributed by atoms with Gasteiger partial charge in [0.25, 0.3) is 10.2 Å². The fourth-order valence-corrected chi connectivity index (χ4v) is 5.95. The van der Waals surface area contributed by atoms with Crippen molar-refractivity contribution in [2.24, 2.45) is 11.8 Å². The molecule has 0 bridgehead atoms. The molecule has 0 amide bonds. The Kier molecular flexibility index (Phi) is 8.72. The molecule has 30 heavy (non-hydrogen) atoms. The van der Waals surface area contributed by atoms with E-state index in [0.29, 0.717) is 11.8 Å². The van der Waals surface area contributed by atoms with Crippen LogP contribution in [0.1, 0.15) is 50.5 Å². The Labute approximate surface area is 189 Å². The number of rotatable bonds is 8. The average Bonchev–Trinajstić information content (AvgIpc) is 2.71. The van der Waals surface area contributed by atoms with Crippen molar-refractivity contribution < 1.29 is 12.8 Å². The second-order valence-electron chi connectivity index (χ2n) is 9.14. The molecular formula is C22H35BrFN3O2S. The zero-order valence-corrected chi connectivity index (χ0v) is 20.5. The quantitative estimate of drug-likeness (QED) is 0.578. The lowest BCUT2D eigenvalue weighted by Gasteiger charge is -2.34. The molecule has 0 unspecified atom stereocenters. The van der Waals surface area contributed by atoms with Gasteiger partial charge in [0.05, 0.1) is 0 Å². The predicted molar refractivity (Wildman–Crippen MR) is 123 cm³/mol. The zero-order chi connectivity index (χ0) is 21.7. The minimum absolute atomic E-state index is 0.0755. The van der Waals surface area contributed by atoms with Gasteiger partial charge in [-0.1, -0.05) is 15.9 Å². The molecule has 1 heterocycles. The first-order valence-corrected chi connectivity index (χ1v) is 13.3. The molecule has 1 aromatic carbocycles. The lowest BCUT2D eigenvalue weighted by atomic mass is 9.84. The maximum Gasteiger partial charge on any atom is 0.279 e. The third-order valence-electron chi connectivity index (χ3n) is 6.72. The summed E-state index contributed by atoms with van der Waals surface area (Å²) >= 11 is 3.55. The van der Waals surface area contributed by atoms with E-state index in [1.807, 2.05) is 0 Å². The molecule has 5 nitrogen and oxygen atoms in total. The molecule has 1 aliphatic heterocycles. The fraction of sp³-hybridized carbons (Fsp3) is 0.727. The van der Waals surface area contributed by atoms with Crippen LogP contribution in [0.5, 0.6) is 0 Å². The number of nitrogens with one attached hydrogen (secondary N) is 1. The van der Waals surface area contributed by atoms with Gasteiger partial charge in [-0.3, -0.25) is 0 Å². The number of piperidine rings is 1. The van der Waals surface area contributed by atoms with E-state index in [1.54, 1.807) is 26.2 Å². The van der Waals surface area contributed by atoms with Gasteiger partial charge in [-0.15, -0.1) is 0 Å². The Morgan fingerprint density at radius 1 is 1.10 bits per heavy atom. The van der Waals surface area contributed by atoms with Gasteiger partial charge in [-0.25, -0.2) is 4.39 Å². The van der Waals surface area contributed by atoms with Crippen LogP contribution in [0, 0.1) is 17.7 Å². The first kappa shape index (κ1) is 24.1. The maximum atomic E-state index is 13.5. The van der Waals surface area contributed by atoms with Crippen LogP contribution in [-0.2, 0) is 16.6 Å². The Hall–Kier alpha value is -0.540. The summed E-state index contributed by atoms with van der Waals surface area (Å²) in [7, 11) is -0.199. The van der Waals surface area contributed by atoms with E-state index >= 15 is 0 Å². The van der Waals surface area contributed by atoms with Crippen LogP contribution in [0.3, 0.4) is 0 Å². The molecule has 170 valence electrons. The largest absolute Gasteiger partial charge is 0.303 e. The number of hydrogen-bond donors (Lipinski definition) is 1. The van der Waals surface area contributed by atoms with Crippen LogP contribution >= 0.6 is 15.9 Å². The lowest BCUT2D eigenvalue weighted by Crippen LogP contribution is -2.43. The third-order valence-corrected chi connectivity index (χ3v) is 9.09. The molecule has 1 saturated heterocycles. The molecule has 1 aliphatic carbocycles. The Bertz CT molecular complexity index is 790. The number of hydrogen-bond acceptors (Lipinski definition) is 3. The molecular weight excluding hydrogens is 469 g/mol. The predicted octanol–water partition coefficient (Wildman–Crippen LogP) is 4.19. The van der Waals surface area contributed by atoms with Gasteiger partial charge < -0.3 is 4.90 Å². The first-order valence-electron chi connectivity index (χ1n) is 11.1. The minimum atomic E-state index is -3.33. The molecule has 8 heteroatoms.